The van der Waals surface area contributed by atoms with Crippen LogP contribution in [0.15, 0.2) is 23.3 Å². The first-order valence-corrected chi connectivity index (χ1v) is 5.56. The summed E-state index contributed by atoms with van der Waals surface area (Å²) >= 11 is 0. The van der Waals surface area contributed by atoms with E-state index in [-0.39, 0.29) is 0 Å². The second-order valence-corrected chi connectivity index (χ2v) is 3.61. The van der Waals surface area contributed by atoms with Gasteiger partial charge in [-0.15, -0.1) is 0 Å². The molecular weight excluding hydrogens is 184 g/mol. The summed E-state index contributed by atoms with van der Waals surface area (Å²) < 4.78 is 0. The molecule has 0 saturated heterocycles. The van der Waals surface area contributed by atoms with Crippen molar-refractivity contribution in [1.82, 2.24) is 5.43 Å². The first-order chi connectivity index (χ1) is 7.22. The number of hydrogen-bond acceptors (Lipinski definition) is 2. The number of nitrogens with one attached hydrogen (secondary N) is 1. The summed E-state index contributed by atoms with van der Waals surface area (Å²) in [4.78, 5) is 0. The second-order valence-electron chi connectivity index (χ2n) is 3.61. The lowest BCUT2D eigenvalue weighted by atomic mass is 9.98. The van der Waals surface area contributed by atoms with E-state index in [1.54, 1.807) is 0 Å². The number of benzene rings is 1. The van der Waals surface area contributed by atoms with Crippen molar-refractivity contribution in [3.05, 3.63) is 34.9 Å². The molecule has 0 amide bonds. The fourth-order valence-corrected chi connectivity index (χ4v) is 1.76. The highest BCUT2D eigenvalue weighted by Gasteiger charge is 2.02. The minimum Gasteiger partial charge on any atom is -0.313 e. The van der Waals surface area contributed by atoms with E-state index in [1.807, 2.05) is 14.0 Å². The lowest BCUT2D eigenvalue weighted by Crippen LogP contribution is -2.04. The monoisotopic (exact) mass is 204 g/mol. The van der Waals surface area contributed by atoms with Crippen LogP contribution in [-0.2, 0) is 12.8 Å². The van der Waals surface area contributed by atoms with Crippen LogP contribution >= 0.6 is 0 Å². The number of hydrazone groups is 1. The van der Waals surface area contributed by atoms with Gasteiger partial charge in [0.05, 0.1) is 5.71 Å². The van der Waals surface area contributed by atoms with Gasteiger partial charge in [0.25, 0.3) is 0 Å². The van der Waals surface area contributed by atoms with Crippen molar-refractivity contribution in [2.75, 3.05) is 7.05 Å². The zero-order valence-electron chi connectivity index (χ0n) is 10.1. The summed E-state index contributed by atoms with van der Waals surface area (Å²) in [6.07, 6.45) is 2.19. The Morgan fingerprint density at radius 2 is 1.87 bits per heavy atom. The first kappa shape index (κ1) is 11.8. The SMILES string of the molecule is CCc1ccc(/C(C)=N/NC)cc1CC. The Labute approximate surface area is 92.4 Å². The van der Waals surface area contributed by atoms with Crippen LogP contribution in [0.3, 0.4) is 0 Å². The highest BCUT2D eigenvalue weighted by atomic mass is 15.3. The molecule has 0 aliphatic heterocycles. The maximum absolute atomic E-state index is 4.19. The molecule has 0 saturated carbocycles. The molecule has 0 heterocycles. The molecule has 0 spiro atoms. The molecule has 0 aliphatic carbocycles. The van der Waals surface area contributed by atoms with E-state index in [2.05, 4.69) is 42.6 Å². The minimum atomic E-state index is 1.04. The van der Waals surface area contributed by atoms with Crippen molar-refractivity contribution in [3.8, 4) is 0 Å². The summed E-state index contributed by atoms with van der Waals surface area (Å²) in [5, 5.41) is 4.19. The number of hydrogen-bond donors (Lipinski definition) is 1. The van der Waals surface area contributed by atoms with E-state index in [1.165, 1.54) is 16.7 Å². The predicted molar refractivity (Wildman–Crippen MR) is 66.5 cm³/mol. The van der Waals surface area contributed by atoms with Gasteiger partial charge in [0.1, 0.15) is 0 Å². The third-order valence-corrected chi connectivity index (χ3v) is 2.67. The summed E-state index contributed by atoms with van der Waals surface area (Å²) in [5.41, 5.74) is 7.94. The molecule has 1 rings (SSSR count). The third kappa shape index (κ3) is 2.82. The second kappa shape index (κ2) is 5.54. The molecule has 1 N–H and O–H groups in total. The van der Waals surface area contributed by atoms with E-state index in [0.717, 1.165) is 18.6 Å². The first-order valence-electron chi connectivity index (χ1n) is 5.56. The fraction of sp³-hybridized carbons (Fsp3) is 0.462. The molecule has 15 heavy (non-hydrogen) atoms. The van der Waals surface area contributed by atoms with Crippen LogP contribution in [0.1, 0.15) is 37.5 Å². The molecule has 0 radical (unpaired) electrons. The van der Waals surface area contributed by atoms with Crippen LogP contribution in [-0.4, -0.2) is 12.8 Å². The standard InChI is InChI=1S/C13H20N2/c1-5-11-7-8-13(9-12(11)6-2)10(3)15-14-4/h7-9,14H,5-6H2,1-4H3/b15-10+. The Morgan fingerprint density at radius 1 is 1.20 bits per heavy atom. The molecule has 2 heteroatoms. The van der Waals surface area contributed by atoms with Crippen molar-refractivity contribution in [2.45, 2.75) is 33.6 Å². The number of rotatable bonds is 4. The third-order valence-electron chi connectivity index (χ3n) is 2.67. The van der Waals surface area contributed by atoms with Gasteiger partial charge in [-0.3, -0.25) is 0 Å². The normalized spacial score (nSPS) is 11.6. The molecule has 2 nitrogen and oxygen atoms in total. The summed E-state index contributed by atoms with van der Waals surface area (Å²) in [7, 11) is 1.82. The molecule has 0 aromatic heterocycles. The molecule has 0 atom stereocenters. The Morgan fingerprint density at radius 3 is 2.40 bits per heavy atom. The van der Waals surface area contributed by atoms with Gasteiger partial charge in [0, 0.05) is 7.05 Å². The minimum absolute atomic E-state index is 1.04. The Balaban J connectivity index is 3.08. The van der Waals surface area contributed by atoms with Gasteiger partial charge >= 0.3 is 0 Å². The Hall–Kier alpha value is -1.31. The predicted octanol–water partition coefficient (Wildman–Crippen LogP) is 2.75. The zero-order valence-corrected chi connectivity index (χ0v) is 10.1. The van der Waals surface area contributed by atoms with Crippen LogP contribution in [0, 0.1) is 0 Å². The maximum atomic E-state index is 4.19. The van der Waals surface area contributed by atoms with Gasteiger partial charge in [-0.1, -0.05) is 26.0 Å². The topological polar surface area (TPSA) is 24.4 Å². The van der Waals surface area contributed by atoms with Crippen LogP contribution in [0.5, 0.6) is 0 Å². The van der Waals surface area contributed by atoms with Gasteiger partial charge in [-0.2, -0.15) is 5.10 Å². The van der Waals surface area contributed by atoms with Crippen molar-refractivity contribution >= 4 is 5.71 Å². The van der Waals surface area contributed by atoms with Gasteiger partial charge in [0.15, 0.2) is 0 Å². The molecular formula is C13H20N2. The molecule has 0 unspecified atom stereocenters. The van der Waals surface area contributed by atoms with Crippen LogP contribution in [0.4, 0.5) is 0 Å². The molecule has 0 fully saturated rings. The van der Waals surface area contributed by atoms with E-state index in [9.17, 15) is 0 Å². The average molecular weight is 204 g/mol. The highest BCUT2D eigenvalue weighted by molar-refractivity contribution is 5.98. The van der Waals surface area contributed by atoms with Crippen molar-refractivity contribution < 1.29 is 0 Å². The summed E-state index contributed by atoms with van der Waals surface area (Å²) in [6, 6.07) is 6.60. The zero-order chi connectivity index (χ0) is 11.3. The van der Waals surface area contributed by atoms with E-state index < -0.39 is 0 Å². The average Bonchev–Trinajstić information content (AvgIpc) is 2.28. The van der Waals surface area contributed by atoms with Gasteiger partial charge in [-0.05, 0) is 42.5 Å². The largest absolute Gasteiger partial charge is 0.313 e. The Bertz CT molecular complexity index is 354. The van der Waals surface area contributed by atoms with Crippen LogP contribution < -0.4 is 5.43 Å². The molecule has 0 aliphatic rings. The molecule has 82 valence electrons. The quantitative estimate of drug-likeness (QED) is 0.592. The van der Waals surface area contributed by atoms with Crippen molar-refractivity contribution in [2.24, 2.45) is 5.10 Å². The van der Waals surface area contributed by atoms with Gasteiger partial charge < -0.3 is 5.43 Å². The van der Waals surface area contributed by atoms with E-state index in [0.29, 0.717) is 0 Å². The van der Waals surface area contributed by atoms with Gasteiger partial charge in [0.2, 0.25) is 0 Å². The molecule has 1 aromatic rings. The lowest BCUT2D eigenvalue weighted by molar-refractivity contribution is 0.899. The molecule has 0 bridgehead atoms. The van der Waals surface area contributed by atoms with Gasteiger partial charge in [-0.25, -0.2) is 0 Å². The summed E-state index contributed by atoms with van der Waals surface area (Å²) in [5.74, 6) is 0. The lowest BCUT2D eigenvalue weighted by Gasteiger charge is -2.08. The van der Waals surface area contributed by atoms with Crippen molar-refractivity contribution in [1.29, 1.82) is 0 Å². The van der Waals surface area contributed by atoms with Crippen LogP contribution in [0.2, 0.25) is 0 Å². The highest BCUT2D eigenvalue weighted by Crippen LogP contribution is 2.14. The van der Waals surface area contributed by atoms with E-state index >= 15 is 0 Å². The van der Waals surface area contributed by atoms with Crippen LogP contribution in [0.25, 0.3) is 0 Å². The smallest absolute Gasteiger partial charge is 0.0644 e. The fourth-order valence-electron chi connectivity index (χ4n) is 1.76. The number of nitrogens with zero attached hydrogens (tertiary/aromatic N) is 1. The van der Waals surface area contributed by atoms with Crippen molar-refractivity contribution in [3.63, 3.8) is 0 Å². The van der Waals surface area contributed by atoms with E-state index in [4.69, 9.17) is 0 Å². The maximum Gasteiger partial charge on any atom is 0.0644 e. The number of aryl methyl sites for hydroxylation is 2. The Kier molecular flexibility index (Phi) is 4.35. The summed E-state index contributed by atoms with van der Waals surface area (Å²) in [6.45, 7) is 6.42. The molecule has 1 aromatic carbocycles.